The van der Waals surface area contributed by atoms with E-state index in [0.29, 0.717) is 18.6 Å². The fraction of sp³-hybridized carbons (Fsp3) is 0.368. The number of carbonyl (C=O) groups is 1. The molecule has 0 fully saturated rings. The Morgan fingerprint density at radius 2 is 1.56 bits per heavy atom. The molecule has 5 heteroatoms. The molecule has 0 saturated heterocycles. The van der Waals surface area contributed by atoms with E-state index in [1.807, 2.05) is 73.2 Å². The fourth-order valence-electron chi connectivity index (χ4n) is 5.31. The zero-order chi connectivity index (χ0) is 30.0. The summed E-state index contributed by atoms with van der Waals surface area (Å²) in [6.45, 7) is 3.83. The van der Waals surface area contributed by atoms with E-state index in [-0.39, 0.29) is 43.9 Å². The Balaban J connectivity index is 0.00000645. The molecule has 0 aromatic heterocycles. The van der Waals surface area contributed by atoms with Crippen LogP contribution in [0.5, 0.6) is 5.75 Å². The molecule has 0 bridgehead atoms. The van der Waals surface area contributed by atoms with Gasteiger partial charge in [0.1, 0.15) is 11.5 Å². The number of hydrogen-bond acceptors (Lipinski definition) is 4. The quantitative estimate of drug-likeness (QED) is 0.135. The van der Waals surface area contributed by atoms with E-state index < -0.39 is 0 Å². The van der Waals surface area contributed by atoms with Gasteiger partial charge in [-0.05, 0) is 67.6 Å². The molecule has 3 aromatic carbocycles. The SMILES string of the molecule is [CH2-]CCCC(CCC[C-](CO)[C@H]([CH-]CO)c1ccc(C#Cc2ccccc2)cc1)C(=O)CCCc1ccc(OC)cc1.[Li+]. The molecule has 4 nitrogen and oxygen atoms in total. The Morgan fingerprint density at radius 3 is 2.16 bits per heavy atom. The Hall–Kier alpha value is -2.79. The number of unbranched alkanes of at least 4 members (excludes halogenated alkanes) is 1. The molecule has 2 N–H and O–H groups in total. The van der Waals surface area contributed by atoms with Gasteiger partial charge in [0, 0.05) is 23.5 Å². The van der Waals surface area contributed by atoms with E-state index >= 15 is 0 Å². The van der Waals surface area contributed by atoms with Crippen molar-refractivity contribution < 1.29 is 38.6 Å². The van der Waals surface area contributed by atoms with Crippen LogP contribution in [0.15, 0.2) is 78.9 Å². The van der Waals surface area contributed by atoms with Gasteiger partial charge >= 0.3 is 18.9 Å². The number of ether oxygens (including phenoxy) is 1. The van der Waals surface area contributed by atoms with E-state index in [1.54, 1.807) is 7.11 Å². The third-order valence-corrected chi connectivity index (χ3v) is 7.73. The van der Waals surface area contributed by atoms with Crippen LogP contribution in [0.4, 0.5) is 0 Å². The van der Waals surface area contributed by atoms with E-state index in [4.69, 9.17) is 4.74 Å². The standard InChI is InChI=1S/C38H45O4.Li/c1-3-4-13-34(38(41)16-8-12-31-21-25-36(42-2)26-22-31)14-9-15-35(29-40)37(27-28-39)33-23-19-32(20-24-33)18-17-30-10-6-5-7-11-30;/h5-7,10-11,19-27,34,37,39-40H,1,3-4,8-9,12-16,28-29H2,2H3;/q-3;+1/t34?,37-;/m1./s1. The average molecular weight is 573 g/mol. The molecule has 2 atom stereocenters. The number of aryl methyl sites for hydroxylation is 1. The second kappa shape index (κ2) is 21.0. The number of methoxy groups -OCH3 is 1. The van der Waals surface area contributed by atoms with Gasteiger partial charge in [0.2, 0.25) is 0 Å². The van der Waals surface area contributed by atoms with Crippen LogP contribution in [-0.2, 0) is 11.2 Å². The van der Waals surface area contributed by atoms with Crippen molar-refractivity contribution in [3.63, 3.8) is 0 Å². The normalized spacial score (nSPS) is 12.1. The fourth-order valence-corrected chi connectivity index (χ4v) is 5.31. The molecule has 0 aliphatic carbocycles. The smallest absolute Gasteiger partial charge is 0.497 e. The van der Waals surface area contributed by atoms with E-state index in [0.717, 1.165) is 73.3 Å². The molecule has 224 valence electrons. The summed E-state index contributed by atoms with van der Waals surface area (Å²) in [6, 6.07) is 25.9. The first-order valence-corrected chi connectivity index (χ1v) is 15.1. The van der Waals surface area contributed by atoms with Gasteiger partial charge in [0.05, 0.1) is 7.11 Å². The minimum Gasteiger partial charge on any atom is -0.497 e. The number of ketones is 1. The minimum atomic E-state index is -0.158. The van der Waals surface area contributed by atoms with Crippen molar-refractivity contribution in [1.29, 1.82) is 0 Å². The van der Waals surface area contributed by atoms with Gasteiger partial charge in [-0.3, -0.25) is 10.7 Å². The summed E-state index contributed by atoms with van der Waals surface area (Å²) in [5, 5.41) is 20.0. The number of aliphatic hydroxyl groups excluding tert-OH is 2. The Morgan fingerprint density at radius 1 is 0.907 bits per heavy atom. The number of benzene rings is 3. The summed E-state index contributed by atoms with van der Waals surface area (Å²) in [6.07, 6.45) is 9.04. The summed E-state index contributed by atoms with van der Waals surface area (Å²) >= 11 is 0. The molecule has 43 heavy (non-hydrogen) atoms. The van der Waals surface area contributed by atoms with Crippen LogP contribution in [0.25, 0.3) is 0 Å². The zero-order valence-electron chi connectivity index (χ0n) is 25.9. The Labute approximate surface area is 271 Å². The summed E-state index contributed by atoms with van der Waals surface area (Å²) in [4.78, 5) is 13.2. The summed E-state index contributed by atoms with van der Waals surface area (Å²) in [7, 11) is 1.66. The van der Waals surface area contributed by atoms with Crippen LogP contribution in [0, 0.1) is 37.0 Å². The Kier molecular flexibility index (Phi) is 17.8. The first-order valence-electron chi connectivity index (χ1n) is 15.1. The zero-order valence-corrected chi connectivity index (χ0v) is 25.9. The largest absolute Gasteiger partial charge is 1.00 e. The van der Waals surface area contributed by atoms with Crippen LogP contribution < -0.4 is 23.6 Å². The third-order valence-electron chi connectivity index (χ3n) is 7.73. The number of aliphatic hydroxyl groups is 2. The predicted octanol–water partition coefficient (Wildman–Crippen LogP) is 4.33. The maximum absolute atomic E-state index is 13.2. The van der Waals surface area contributed by atoms with Gasteiger partial charge in [-0.25, -0.2) is 0 Å². The predicted molar refractivity (Wildman–Crippen MR) is 171 cm³/mol. The van der Waals surface area contributed by atoms with Crippen LogP contribution in [0.3, 0.4) is 0 Å². The molecule has 3 rings (SSSR count). The first-order chi connectivity index (χ1) is 20.6. The van der Waals surface area contributed by atoms with Crippen molar-refractivity contribution in [3.8, 4) is 17.6 Å². The van der Waals surface area contributed by atoms with Gasteiger partial charge in [-0.1, -0.05) is 80.4 Å². The number of carbonyl (C=O) groups excluding carboxylic acids is 1. The molecular weight excluding hydrogens is 527 g/mol. The van der Waals surface area contributed by atoms with E-state index in [1.165, 1.54) is 5.56 Å². The van der Waals surface area contributed by atoms with E-state index in [9.17, 15) is 15.0 Å². The van der Waals surface area contributed by atoms with Crippen molar-refractivity contribution in [2.24, 2.45) is 5.92 Å². The molecule has 0 heterocycles. The van der Waals surface area contributed by atoms with Gasteiger partial charge in [0.15, 0.2) is 0 Å². The van der Waals surface area contributed by atoms with Crippen molar-refractivity contribution in [1.82, 2.24) is 0 Å². The van der Waals surface area contributed by atoms with Gasteiger partial charge in [-0.2, -0.15) is 12.8 Å². The maximum Gasteiger partial charge on any atom is 1.00 e. The van der Waals surface area contributed by atoms with Crippen LogP contribution in [0.1, 0.15) is 79.5 Å². The summed E-state index contributed by atoms with van der Waals surface area (Å²) in [5.74, 6) is 8.35. The van der Waals surface area contributed by atoms with Crippen LogP contribution in [0.2, 0.25) is 0 Å². The molecule has 0 amide bonds. The molecular formula is C38H45LiO4-2. The monoisotopic (exact) mass is 572 g/mol. The number of Topliss-reactive ketones (excluding diaryl/α,β-unsaturated/α-hetero) is 1. The second-order valence-electron chi connectivity index (χ2n) is 10.7. The van der Waals surface area contributed by atoms with Crippen molar-refractivity contribution in [2.75, 3.05) is 20.3 Å². The molecule has 0 aliphatic heterocycles. The minimum absolute atomic E-state index is 0. The van der Waals surface area contributed by atoms with Crippen LogP contribution in [-0.4, -0.2) is 36.3 Å². The Bertz CT molecular complexity index is 1230. The van der Waals surface area contributed by atoms with Crippen LogP contribution >= 0.6 is 0 Å². The van der Waals surface area contributed by atoms with E-state index in [2.05, 4.69) is 30.9 Å². The summed E-state index contributed by atoms with van der Waals surface area (Å²) in [5.41, 5.74) is 4.10. The molecule has 3 aromatic rings. The second-order valence-corrected chi connectivity index (χ2v) is 10.7. The average Bonchev–Trinajstić information content (AvgIpc) is 3.03. The number of hydrogen-bond donors (Lipinski definition) is 2. The van der Waals surface area contributed by atoms with Crippen molar-refractivity contribution in [3.05, 3.63) is 120 Å². The van der Waals surface area contributed by atoms with Gasteiger partial charge in [0.25, 0.3) is 0 Å². The number of rotatable bonds is 18. The van der Waals surface area contributed by atoms with Gasteiger partial charge < -0.3 is 34.2 Å². The third kappa shape index (κ3) is 12.8. The maximum atomic E-state index is 13.2. The molecule has 1 unspecified atom stereocenters. The first kappa shape index (κ1) is 36.4. The molecule has 0 aliphatic rings. The molecule has 0 spiro atoms. The van der Waals surface area contributed by atoms with Gasteiger partial charge in [-0.15, -0.1) is 5.56 Å². The molecule has 0 saturated carbocycles. The summed E-state index contributed by atoms with van der Waals surface area (Å²) < 4.78 is 5.23. The molecule has 0 radical (unpaired) electrons. The van der Waals surface area contributed by atoms with Crippen molar-refractivity contribution in [2.45, 2.75) is 63.7 Å². The topological polar surface area (TPSA) is 66.8 Å². The van der Waals surface area contributed by atoms with Crippen molar-refractivity contribution >= 4 is 5.78 Å².